The van der Waals surface area contributed by atoms with E-state index in [2.05, 4.69) is 4.74 Å². The Morgan fingerprint density at radius 1 is 1.27 bits per heavy atom. The normalized spacial score (nSPS) is 15.3. The van der Waals surface area contributed by atoms with Crippen molar-refractivity contribution in [3.8, 4) is 0 Å². The number of hydrogen-bond acceptors (Lipinski definition) is 3. The fourth-order valence-electron chi connectivity index (χ4n) is 0.887. The minimum absolute atomic E-state index is 0.516. The molecule has 1 atom stereocenters. The molecule has 0 aromatic carbocycles. The molecule has 0 amide bonds. The van der Waals surface area contributed by atoms with Gasteiger partial charge in [-0.3, -0.25) is 4.79 Å². The van der Waals surface area contributed by atoms with Crippen LogP contribution in [0.4, 0.5) is 13.2 Å². The van der Waals surface area contributed by atoms with Crippen molar-refractivity contribution in [2.24, 2.45) is 5.41 Å². The number of alkyl halides is 3. The monoisotopic (exact) mass is 228 g/mol. The Morgan fingerprint density at radius 2 is 1.67 bits per heavy atom. The first kappa shape index (κ1) is 14.2. The van der Waals surface area contributed by atoms with Crippen LogP contribution in [0.5, 0.6) is 0 Å². The second kappa shape index (κ2) is 4.38. The third kappa shape index (κ3) is 3.70. The molecule has 3 nitrogen and oxygen atoms in total. The van der Waals surface area contributed by atoms with E-state index in [9.17, 15) is 18.0 Å². The topological polar surface area (TPSA) is 46.5 Å². The molecule has 0 bridgehead atoms. The van der Waals surface area contributed by atoms with Gasteiger partial charge in [0.05, 0.1) is 11.5 Å². The van der Waals surface area contributed by atoms with Crippen LogP contribution >= 0.6 is 0 Å². The molecule has 0 aromatic rings. The van der Waals surface area contributed by atoms with E-state index in [1.807, 2.05) is 0 Å². The summed E-state index contributed by atoms with van der Waals surface area (Å²) in [6, 6.07) is 0. The van der Waals surface area contributed by atoms with Crippen molar-refractivity contribution in [3.05, 3.63) is 0 Å². The van der Waals surface area contributed by atoms with E-state index in [1.54, 1.807) is 0 Å². The predicted molar refractivity (Wildman–Crippen MR) is 47.1 cm³/mol. The molecule has 6 heteroatoms. The van der Waals surface area contributed by atoms with Crippen LogP contribution in [0.25, 0.3) is 0 Å². The molecule has 1 N–H and O–H groups in total. The average Bonchev–Trinajstić information content (AvgIpc) is 1.99. The molecule has 0 aliphatic rings. The van der Waals surface area contributed by atoms with E-state index >= 15 is 0 Å². The Balaban J connectivity index is 4.74. The van der Waals surface area contributed by atoms with Gasteiger partial charge in [-0.2, -0.15) is 13.2 Å². The van der Waals surface area contributed by atoms with Gasteiger partial charge in [0.25, 0.3) is 0 Å². The number of esters is 1. The van der Waals surface area contributed by atoms with Crippen LogP contribution in [-0.2, 0) is 9.53 Å². The first-order valence-corrected chi connectivity index (χ1v) is 4.45. The molecule has 0 aromatic heterocycles. The summed E-state index contributed by atoms with van der Waals surface area (Å²) < 4.78 is 41.2. The smallest absolute Gasteiger partial charge is 0.415 e. The molecule has 0 saturated heterocycles. The summed E-state index contributed by atoms with van der Waals surface area (Å²) in [4.78, 5) is 11.3. The minimum Gasteiger partial charge on any atom is -0.462 e. The van der Waals surface area contributed by atoms with E-state index in [-0.39, 0.29) is 0 Å². The molecule has 0 fully saturated rings. The Bertz CT molecular complexity index is 233. The van der Waals surface area contributed by atoms with Gasteiger partial charge in [0, 0.05) is 0 Å². The molecule has 0 spiro atoms. The number of hydrogen-bond donors (Lipinski definition) is 1. The maximum Gasteiger partial charge on any atom is 0.415 e. The van der Waals surface area contributed by atoms with Crippen LogP contribution in [0.3, 0.4) is 0 Å². The summed E-state index contributed by atoms with van der Waals surface area (Å²) >= 11 is 0. The summed E-state index contributed by atoms with van der Waals surface area (Å²) in [5.41, 5.74) is -2.00. The molecule has 0 aliphatic carbocycles. The average molecular weight is 228 g/mol. The highest BCUT2D eigenvalue weighted by Crippen LogP contribution is 2.34. The maximum atomic E-state index is 12.2. The number of halogens is 3. The van der Waals surface area contributed by atoms with Crippen LogP contribution in [-0.4, -0.2) is 29.5 Å². The van der Waals surface area contributed by atoms with Crippen LogP contribution in [0.15, 0.2) is 0 Å². The number of rotatable bonds is 3. The molecule has 0 radical (unpaired) electrons. The zero-order valence-electron chi connectivity index (χ0n) is 9.05. The van der Waals surface area contributed by atoms with Crippen molar-refractivity contribution < 1.29 is 27.8 Å². The highest BCUT2D eigenvalue weighted by molar-refractivity contribution is 5.77. The zero-order chi connectivity index (χ0) is 12.4. The lowest BCUT2D eigenvalue weighted by Gasteiger charge is -2.30. The molecule has 0 saturated carbocycles. The summed E-state index contributed by atoms with van der Waals surface area (Å²) in [7, 11) is 0. The number of aliphatic hydroxyl groups excluding tert-OH is 1. The predicted octanol–water partition coefficient (Wildman–Crippen LogP) is 1.89. The number of ether oxygens (including phenoxy) is 1. The van der Waals surface area contributed by atoms with Crippen molar-refractivity contribution in [3.63, 3.8) is 0 Å². The van der Waals surface area contributed by atoms with Gasteiger partial charge < -0.3 is 9.84 Å². The lowest BCUT2D eigenvalue weighted by molar-refractivity contribution is -0.239. The standard InChI is InChI=1S/C9H15F3O3/c1-5(2)15-7(14)8(3,4)6(13)9(10,11)12/h5-6,13H,1-4H3. The van der Waals surface area contributed by atoms with Crippen molar-refractivity contribution in [2.45, 2.75) is 46.1 Å². The first-order chi connectivity index (χ1) is 6.49. The number of aliphatic hydroxyl groups is 1. The van der Waals surface area contributed by atoms with Gasteiger partial charge in [0.15, 0.2) is 6.10 Å². The second-order valence-electron chi connectivity index (χ2n) is 4.12. The van der Waals surface area contributed by atoms with E-state index in [4.69, 9.17) is 5.11 Å². The maximum absolute atomic E-state index is 12.2. The van der Waals surface area contributed by atoms with Gasteiger partial charge in [-0.15, -0.1) is 0 Å². The summed E-state index contributed by atoms with van der Waals surface area (Å²) in [6.07, 6.45) is -8.08. The lowest BCUT2D eigenvalue weighted by atomic mass is 9.86. The SMILES string of the molecule is CC(C)OC(=O)C(C)(C)C(O)C(F)(F)F. The molecule has 15 heavy (non-hydrogen) atoms. The Kier molecular flexibility index (Phi) is 4.16. The second-order valence-corrected chi connectivity index (χ2v) is 4.12. The molecule has 90 valence electrons. The Morgan fingerprint density at radius 3 is 1.93 bits per heavy atom. The molecular weight excluding hydrogens is 213 g/mol. The third-order valence-corrected chi connectivity index (χ3v) is 1.86. The van der Waals surface area contributed by atoms with E-state index in [0.717, 1.165) is 13.8 Å². The van der Waals surface area contributed by atoms with Crippen LogP contribution in [0.2, 0.25) is 0 Å². The summed E-state index contributed by atoms with van der Waals surface area (Å²) in [5.74, 6) is -1.07. The largest absolute Gasteiger partial charge is 0.462 e. The van der Waals surface area contributed by atoms with Crippen molar-refractivity contribution in [1.82, 2.24) is 0 Å². The summed E-state index contributed by atoms with van der Waals surface area (Å²) in [5, 5.41) is 8.97. The molecule has 0 rings (SSSR count). The molecule has 0 aliphatic heterocycles. The number of carbonyl (C=O) groups excluding carboxylic acids is 1. The summed E-state index contributed by atoms with van der Waals surface area (Å²) in [6.45, 7) is 5.04. The van der Waals surface area contributed by atoms with Gasteiger partial charge in [-0.25, -0.2) is 0 Å². The zero-order valence-corrected chi connectivity index (χ0v) is 9.05. The Labute approximate surface area is 86.2 Å². The van der Waals surface area contributed by atoms with Crippen LogP contribution < -0.4 is 0 Å². The van der Waals surface area contributed by atoms with Crippen molar-refractivity contribution in [1.29, 1.82) is 0 Å². The van der Waals surface area contributed by atoms with Gasteiger partial charge in [0.2, 0.25) is 0 Å². The fourth-order valence-corrected chi connectivity index (χ4v) is 0.887. The van der Waals surface area contributed by atoms with Crippen LogP contribution in [0, 0.1) is 5.41 Å². The highest BCUT2D eigenvalue weighted by Gasteiger charge is 2.52. The fraction of sp³-hybridized carbons (Fsp3) is 0.889. The van der Waals surface area contributed by atoms with Crippen LogP contribution in [0.1, 0.15) is 27.7 Å². The third-order valence-electron chi connectivity index (χ3n) is 1.86. The van der Waals surface area contributed by atoms with Crippen molar-refractivity contribution >= 4 is 5.97 Å². The lowest BCUT2D eigenvalue weighted by Crippen LogP contribution is -2.47. The molecule has 1 unspecified atom stereocenters. The molecular formula is C9H15F3O3. The van der Waals surface area contributed by atoms with Gasteiger partial charge >= 0.3 is 12.1 Å². The van der Waals surface area contributed by atoms with Gasteiger partial charge in [-0.1, -0.05) is 0 Å². The van der Waals surface area contributed by atoms with Crippen molar-refractivity contribution in [2.75, 3.05) is 0 Å². The highest BCUT2D eigenvalue weighted by atomic mass is 19.4. The van der Waals surface area contributed by atoms with E-state index in [0.29, 0.717) is 0 Å². The van der Waals surface area contributed by atoms with E-state index in [1.165, 1.54) is 13.8 Å². The van der Waals surface area contributed by atoms with Gasteiger partial charge in [0.1, 0.15) is 0 Å². The minimum atomic E-state index is -4.83. The quantitative estimate of drug-likeness (QED) is 0.750. The van der Waals surface area contributed by atoms with Gasteiger partial charge in [-0.05, 0) is 27.7 Å². The molecule has 0 heterocycles. The van der Waals surface area contributed by atoms with E-state index < -0.39 is 29.8 Å². The Hall–Kier alpha value is -0.780. The number of carbonyl (C=O) groups is 1. The first-order valence-electron chi connectivity index (χ1n) is 4.45.